The summed E-state index contributed by atoms with van der Waals surface area (Å²) in [5, 5.41) is 0.266. The van der Waals surface area contributed by atoms with Crippen molar-refractivity contribution >= 4 is 35.3 Å². The van der Waals surface area contributed by atoms with E-state index < -0.39 is 5.97 Å². The number of methoxy groups -OCH3 is 1. The number of nitrogens with zero attached hydrogens (tertiary/aromatic N) is 2. The van der Waals surface area contributed by atoms with Gasteiger partial charge in [0.25, 0.3) is 0 Å². The summed E-state index contributed by atoms with van der Waals surface area (Å²) in [4.78, 5) is 19.7. The van der Waals surface area contributed by atoms with Gasteiger partial charge in [-0.15, -0.1) is 11.8 Å². The summed E-state index contributed by atoms with van der Waals surface area (Å²) in [5.41, 5.74) is 5.96. The van der Waals surface area contributed by atoms with Crippen molar-refractivity contribution < 1.29 is 9.53 Å². The smallest absolute Gasteiger partial charge is 0.343 e. The second kappa shape index (κ2) is 5.59. The van der Waals surface area contributed by atoms with Gasteiger partial charge in [-0.3, -0.25) is 0 Å². The van der Waals surface area contributed by atoms with Gasteiger partial charge >= 0.3 is 5.97 Å². The number of esters is 1. The Morgan fingerprint density at radius 2 is 2.41 bits per heavy atom. The molecule has 1 unspecified atom stereocenters. The van der Waals surface area contributed by atoms with Crippen molar-refractivity contribution in [3.8, 4) is 0 Å². The van der Waals surface area contributed by atoms with Crippen molar-refractivity contribution in [1.29, 1.82) is 0 Å². The van der Waals surface area contributed by atoms with E-state index in [2.05, 4.69) is 14.7 Å². The molecule has 0 spiro atoms. The third-order valence-electron chi connectivity index (χ3n) is 2.35. The van der Waals surface area contributed by atoms with Crippen molar-refractivity contribution in [3.63, 3.8) is 0 Å². The van der Waals surface area contributed by atoms with Crippen molar-refractivity contribution in [2.75, 3.05) is 30.1 Å². The Balaban J connectivity index is 2.20. The van der Waals surface area contributed by atoms with E-state index in [0.29, 0.717) is 5.82 Å². The maximum atomic E-state index is 11.3. The van der Waals surface area contributed by atoms with Gasteiger partial charge in [0.15, 0.2) is 0 Å². The van der Waals surface area contributed by atoms with E-state index in [9.17, 15) is 4.79 Å². The predicted octanol–water partition coefficient (Wildman–Crippen LogP) is 1.37. The number of nitrogens with two attached hydrogens (primary N) is 1. The van der Waals surface area contributed by atoms with Crippen molar-refractivity contribution in [2.24, 2.45) is 0 Å². The molecule has 2 rings (SSSR count). The Bertz CT molecular complexity index is 422. The molecular weight excluding hydrogens is 258 g/mol. The fourth-order valence-corrected chi connectivity index (χ4v) is 4.08. The molecule has 7 heteroatoms. The van der Waals surface area contributed by atoms with Crippen LogP contribution in [0.3, 0.4) is 0 Å². The SMILES string of the molecule is COC(=O)c1cnc(C2CSCCS2)nc1N. The number of aromatic nitrogens is 2. The van der Waals surface area contributed by atoms with Gasteiger partial charge in [0.2, 0.25) is 0 Å². The fraction of sp³-hybridized carbons (Fsp3) is 0.500. The van der Waals surface area contributed by atoms with Crippen LogP contribution in [0.4, 0.5) is 5.82 Å². The lowest BCUT2D eigenvalue weighted by molar-refractivity contribution is 0.0601. The topological polar surface area (TPSA) is 78.1 Å². The minimum atomic E-state index is -0.500. The first-order chi connectivity index (χ1) is 8.22. The molecule has 0 radical (unpaired) electrons. The van der Waals surface area contributed by atoms with Gasteiger partial charge in [0.1, 0.15) is 17.2 Å². The van der Waals surface area contributed by atoms with E-state index >= 15 is 0 Å². The second-order valence-electron chi connectivity index (χ2n) is 3.45. The van der Waals surface area contributed by atoms with E-state index in [1.165, 1.54) is 13.3 Å². The van der Waals surface area contributed by atoms with Gasteiger partial charge in [-0.1, -0.05) is 0 Å². The van der Waals surface area contributed by atoms with Gasteiger partial charge in [-0.25, -0.2) is 14.8 Å². The fourth-order valence-electron chi connectivity index (χ4n) is 1.47. The van der Waals surface area contributed by atoms with Gasteiger partial charge in [0, 0.05) is 23.5 Å². The summed E-state index contributed by atoms with van der Waals surface area (Å²) in [7, 11) is 1.31. The molecule has 0 saturated carbocycles. The zero-order valence-corrected chi connectivity index (χ0v) is 11.0. The molecule has 1 aliphatic rings. The molecule has 0 aliphatic carbocycles. The highest BCUT2D eigenvalue weighted by molar-refractivity contribution is 8.06. The highest BCUT2D eigenvalue weighted by Gasteiger charge is 2.21. The number of nitrogen functional groups attached to an aromatic ring is 1. The number of ether oxygens (including phenoxy) is 1. The van der Waals surface area contributed by atoms with E-state index in [0.717, 1.165) is 17.3 Å². The van der Waals surface area contributed by atoms with Crippen LogP contribution in [0.5, 0.6) is 0 Å². The van der Waals surface area contributed by atoms with Gasteiger partial charge in [0.05, 0.1) is 12.4 Å². The van der Waals surface area contributed by atoms with Crippen molar-refractivity contribution in [2.45, 2.75) is 5.25 Å². The average Bonchev–Trinajstić information content (AvgIpc) is 2.39. The van der Waals surface area contributed by atoms with Crippen molar-refractivity contribution in [1.82, 2.24) is 9.97 Å². The monoisotopic (exact) mass is 271 g/mol. The molecule has 1 aromatic heterocycles. The van der Waals surface area contributed by atoms with Crippen LogP contribution in [0.15, 0.2) is 6.20 Å². The molecule has 92 valence electrons. The standard InChI is InChI=1S/C10H13N3O2S2/c1-15-10(14)6-4-12-9(13-8(6)11)7-5-16-2-3-17-7/h4,7H,2-3,5H2,1H3,(H2,11,12,13). The van der Waals surface area contributed by atoms with Crippen LogP contribution in [0, 0.1) is 0 Å². The first kappa shape index (κ1) is 12.5. The van der Waals surface area contributed by atoms with Crippen LogP contribution in [0.2, 0.25) is 0 Å². The van der Waals surface area contributed by atoms with E-state index in [-0.39, 0.29) is 16.6 Å². The molecule has 0 amide bonds. The number of rotatable bonds is 2. The van der Waals surface area contributed by atoms with Crippen LogP contribution >= 0.6 is 23.5 Å². The molecular formula is C10H13N3O2S2. The normalized spacial score (nSPS) is 19.9. The van der Waals surface area contributed by atoms with E-state index in [4.69, 9.17) is 5.73 Å². The molecule has 5 nitrogen and oxygen atoms in total. The maximum Gasteiger partial charge on any atom is 0.343 e. The van der Waals surface area contributed by atoms with Crippen molar-refractivity contribution in [3.05, 3.63) is 17.6 Å². The minimum absolute atomic E-state index is 0.193. The largest absolute Gasteiger partial charge is 0.465 e. The lowest BCUT2D eigenvalue weighted by Crippen LogP contribution is -2.14. The lowest BCUT2D eigenvalue weighted by atomic mass is 10.3. The number of carbonyl (C=O) groups is 1. The maximum absolute atomic E-state index is 11.3. The number of thioether (sulfide) groups is 2. The summed E-state index contributed by atoms with van der Waals surface area (Å²) in [5.74, 6) is 3.64. The third kappa shape index (κ3) is 2.84. The molecule has 0 bridgehead atoms. The third-order valence-corrected chi connectivity index (χ3v) is 5.10. The quantitative estimate of drug-likeness (QED) is 0.814. The summed E-state index contributed by atoms with van der Waals surface area (Å²) >= 11 is 3.71. The molecule has 1 aliphatic heterocycles. The summed E-state index contributed by atoms with van der Waals surface area (Å²) in [6.45, 7) is 0. The summed E-state index contributed by atoms with van der Waals surface area (Å²) in [6, 6.07) is 0. The van der Waals surface area contributed by atoms with E-state index in [1.807, 2.05) is 23.5 Å². The molecule has 2 N–H and O–H groups in total. The number of anilines is 1. The molecule has 1 atom stereocenters. The van der Waals surface area contributed by atoms with E-state index in [1.54, 1.807) is 0 Å². The average molecular weight is 271 g/mol. The summed E-state index contributed by atoms with van der Waals surface area (Å²) in [6.07, 6.45) is 1.45. The molecule has 1 fully saturated rings. The van der Waals surface area contributed by atoms with Crippen LogP contribution < -0.4 is 5.73 Å². The first-order valence-corrected chi connectivity index (χ1v) is 7.32. The number of hydrogen-bond acceptors (Lipinski definition) is 7. The van der Waals surface area contributed by atoms with Gasteiger partial charge < -0.3 is 10.5 Å². The Morgan fingerprint density at radius 1 is 1.59 bits per heavy atom. The first-order valence-electron chi connectivity index (χ1n) is 5.12. The highest BCUT2D eigenvalue weighted by atomic mass is 32.2. The Hall–Kier alpha value is -0.950. The Labute approximate surface area is 108 Å². The minimum Gasteiger partial charge on any atom is -0.465 e. The number of carbonyl (C=O) groups excluding carboxylic acids is 1. The second-order valence-corrected chi connectivity index (χ2v) is 5.91. The highest BCUT2D eigenvalue weighted by Crippen LogP contribution is 2.35. The lowest BCUT2D eigenvalue weighted by Gasteiger charge is -2.19. The van der Waals surface area contributed by atoms with Crippen LogP contribution in [-0.4, -0.2) is 40.3 Å². The van der Waals surface area contributed by atoms with Crippen LogP contribution in [0.1, 0.15) is 21.4 Å². The zero-order valence-electron chi connectivity index (χ0n) is 9.38. The molecule has 1 saturated heterocycles. The molecule has 2 heterocycles. The van der Waals surface area contributed by atoms with Crippen LogP contribution in [0.25, 0.3) is 0 Å². The Morgan fingerprint density at radius 3 is 3.00 bits per heavy atom. The molecule has 0 aromatic carbocycles. The number of hydrogen-bond donors (Lipinski definition) is 1. The summed E-state index contributed by atoms with van der Waals surface area (Å²) < 4.78 is 4.59. The zero-order chi connectivity index (χ0) is 12.3. The van der Waals surface area contributed by atoms with Crippen LogP contribution in [-0.2, 0) is 4.74 Å². The molecule has 1 aromatic rings. The van der Waals surface area contributed by atoms with Gasteiger partial charge in [-0.05, 0) is 0 Å². The predicted molar refractivity (Wildman–Crippen MR) is 70.3 cm³/mol. The van der Waals surface area contributed by atoms with Gasteiger partial charge in [-0.2, -0.15) is 11.8 Å². The Kier molecular flexibility index (Phi) is 4.11. The molecule has 17 heavy (non-hydrogen) atoms.